The smallest absolute Gasteiger partial charge is 0.0583 e. The molecule has 0 saturated heterocycles. The van der Waals surface area contributed by atoms with Crippen LogP contribution in [0.25, 0.3) is 10.6 Å². The predicted molar refractivity (Wildman–Crippen MR) is 62.9 cm³/mol. The van der Waals surface area contributed by atoms with E-state index >= 15 is 0 Å². The summed E-state index contributed by atoms with van der Waals surface area (Å²) in [5, 5.41) is 0. The van der Waals surface area contributed by atoms with Crippen molar-refractivity contribution in [3.05, 3.63) is 34.8 Å². The van der Waals surface area contributed by atoms with Crippen LogP contribution in [0.3, 0.4) is 0 Å². The first kappa shape index (κ1) is 9.53. The minimum atomic E-state index is 1.05. The van der Waals surface area contributed by atoms with Crippen molar-refractivity contribution in [2.75, 3.05) is 0 Å². The summed E-state index contributed by atoms with van der Waals surface area (Å²) in [6.07, 6.45) is 0. The highest BCUT2D eigenvalue weighted by molar-refractivity contribution is 7.15. The van der Waals surface area contributed by atoms with E-state index in [0.717, 1.165) is 6.54 Å². The van der Waals surface area contributed by atoms with E-state index in [2.05, 4.69) is 49.6 Å². The summed E-state index contributed by atoms with van der Waals surface area (Å²) in [6, 6.07) is 8.79. The zero-order chi connectivity index (χ0) is 10.1. The van der Waals surface area contributed by atoms with Crippen LogP contribution >= 0.6 is 11.3 Å². The van der Waals surface area contributed by atoms with Gasteiger partial charge in [0.2, 0.25) is 0 Å². The van der Waals surface area contributed by atoms with E-state index in [0.29, 0.717) is 0 Å². The SMILES string of the molecule is CCn1c(C)ccc1-c1ccc(C)s1. The second-order valence-corrected chi connectivity index (χ2v) is 4.80. The van der Waals surface area contributed by atoms with Gasteiger partial charge in [-0.3, -0.25) is 0 Å². The summed E-state index contributed by atoms with van der Waals surface area (Å²) in [5.74, 6) is 0. The molecule has 0 atom stereocenters. The molecule has 14 heavy (non-hydrogen) atoms. The third kappa shape index (κ3) is 1.50. The Balaban J connectivity index is 2.51. The van der Waals surface area contributed by atoms with Gasteiger partial charge in [0.1, 0.15) is 0 Å². The molecule has 0 unspecified atom stereocenters. The van der Waals surface area contributed by atoms with E-state index in [1.54, 1.807) is 0 Å². The maximum Gasteiger partial charge on any atom is 0.0583 e. The van der Waals surface area contributed by atoms with Crippen LogP contribution in [0.4, 0.5) is 0 Å². The van der Waals surface area contributed by atoms with Crippen LogP contribution in [0, 0.1) is 13.8 Å². The Morgan fingerprint density at radius 3 is 2.50 bits per heavy atom. The molecule has 2 heterocycles. The van der Waals surface area contributed by atoms with Gasteiger partial charge >= 0.3 is 0 Å². The fourth-order valence-corrected chi connectivity index (χ4v) is 2.68. The monoisotopic (exact) mass is 205 g/mol. The highest BCUT2D eigenvalue weighted by Crippen LogP contribution is 2.29. The molecule has 0 N–H and O–H groups in total. The number of thiophene rings is 1. The average Bonchev–Trinajstić information content (AvgIpc) is 2.71. The lowest BCUT2D eigenvalue weighted by molar-refractivity contribution is 0.751. The van der Waals surface area contributed by atoms with E-state index in [1.807, 2.05) is 11.3 Å². The first-order chi connectivity index (χ1) is 6.72. The van der Waals surface area contributed by atoms with Crippen LogP contribution < -0.4 is 0 Å². The molecule has 0 aliphatic rings. The molecular formula is C12H15NS. The summed E-state index contributed by atoms with van der Waals surface area (Å²) in [4.78, 5) is 2.75. The van der Waals surface area contributed by atoms with Crippen LogP contribution in [-0.4, -0.2) is 4.57 Å². The third-order valence-corrected chi connectivity index (χ3v) is 3.53. The molecule has 1 nitrogen and oxygen atoms in total. The lowest BCUT2D eigenvalue weighted by Gasteiger charge is -2.06. The second kappa shape index (κ2) is 3.62. The molecule has 0 aromatic carbocycles. The molecule has 2 heteroatoms. The summed E-state index contributed by atoms with van der Waals surface area (Å²) < 4.78 is 2.35. The van der Waals surface area contributed by atoms with E-state index in [-0.39, 0.29) is 0 Å². The molecule has 0 spiro atoms. The maximum absolute atomic E-state index is 2.35. The van der Waals surface area contributed by atoms with Gasteiger partial charge in [-0.05, 0) is 45.0 Å². The molecule has 0 aliphatic carbocycles. The molecule has 0 amide bonds. The van der Waals surface area contributed by atoms with Gasteiger partial charge in [0.15, 0.2) is 0 Å². The molecular weight excluding hydrogens is 190 g/mol. The van der Waals surface area contributed by atoms with E-state index in [9.17, 15) is 0 Å². The van der Waals surface area contributed by atoms with Gasteiger partial charge in [-0.25, -0.2) is 0 Å². The number of aryl methyl sites for hydroxylation is 2. The number of hydrogen-bond acceptors (Lipinski definition) is 1. The Labute approximate surface area is 89.0 Å². The Morgan fingerprint density at radius 2 is 1.93 bits per heavy atom. The summed E-state index contributed by atoms with van der Waals surface area (Å²) in [7, 11) is 0. The van der Waals surface area contributed by atoms with E-state index in [1.165, 1.54) is 21.1 Å². The number of rotatable bonds is 2. The Bertz CT molecular complexity index is 437. The van der Waals surface area contributed by atoms with Gasteiger partial charge in [0, 0.05) is 17.1 Å². The van der Waals surface area contributed by atoms with Crippen LogP contribution in [0.2, 0.25) is 0 Å². The largest absolute Gasteiger partial charge is 0.345 e. The zero-order valence-corrected chi connectivity index (χ0v) is 9.69. The summed E-state index contributed by atoms with van der Waals surface area (Å²) in [6.45, 7) is 7.55. The minimum Gasteiger partial charge on any atom is -0.345 e. The van der Waals surface area contributed by atoms with Crippen molar-refractivity contribution in [1.29, 1.82) is 0 Å². The van der Waals surface area contributed by atoms with Gasteiger partial charge in [-0.1, -0.05) is 0 Å². The molecule has 74 valence electrons. The molecule has 2 rings (SSSR count). The quantitative estimate of drug-likeness (QED) is 0.701. The van der Waals surface area contributed by atoms with Crippen LogP contribution in [-0.2, 0) is 6.54 Å². The summed E-state index contributed by atoms with van der Waals surface area (Å²) in [5.41, 5.74) is 2.69. The second-order valence-electron chi connectivity index (χ2n) is 3.51. The van der Waals surface area contributed by atoms with Gasteiger partial charge in [-0.2, -0.15) is 0 Å². The predicted octanol–water partition coefficient (Wildman–Crippen LogP) is 3.85. The number of nitrogens with zero attached hydrogens (tertiary/aromatic N) is 1. The lowest BCUT2D eigenvalue weighted by atomic mass is 10.3. The molecule has 2 aromatic rings. The first-order valence-electron chi connectivity index (χ1n) is 4.95. The molecule has 0 bridgehead atoms. The standard InChI is InChI=1S/C12H15NS/c1-4-13-9(2)5-7-11(13)12-8-6-10(3)14-12/h5-8H,4H2,1-3H3. The highest BCUT2D eigenvalue weighted by atomic mass is 32.1. The van der Waals surface area contributed by atoms with Gasteiger partial charge < -0.3 is 4.57 Å². The van der Waals surface area contributed by atoms with Gasteiger partial charge in [-0.15, -0.1) is 11.3 Å². The molecule has 0 radical (unpaired) electrons. The average molecular weight is 205 g/mol. The summed E-state index contributed by atoms with van der Waals surface area (Å²) >= 11 is 1.86. The van der Waals surface area contributed by atoms with Crippen molar-refractivity contribution in [2.45, 2.75) is 27.3 Å². The van der Waals surface area contributed by atoms with Crippen molar-refractivity contribution in [3.63, 3.8) is 0 Å². The van der Waals surface area contributed by atoms with Crippen molar-refractivity contribution in [2.24, 2.45) is 0 Å². The van der Waals surface area contributed by atoms with Crippen molar-refractivity contribution in [1.82, 2.24) is 4.57 Å². The minimum absolute atomic E-state index is 1.05. The highest BCUT2D eigenvalue weighted by Gasteiger charge is 2.07. The Hall–Kier alpha value is -1.02. The van der Waals surface area contributed by atoms with Crippen molar-refractivity contribution in [3.8, 4) is 10.6 Å². The number of hydrogen-bond donors (Lipinski definition) is 0. The Morgan fingerprint density at radius 1 is 1.14 bits per heavy atom. The van der Waals surface area contributed by atoms with Crippen LogP contribution in [0.5, 0.6) is 0 Å². The zero-order valence-electron chi connectivity index (χ0n) is 8.87. The molecule has 0 aliphatic heterocycles. The van der Waals surface area contributed by atoms with Gasteiger partial charge in [0.25, 0.3) is 0 Å². The first-order valence-corrected chi connectivity index (χ1v) is 5.77. The van der Waals surface area contributed by atoms with Crippen LogP contribution in [0.1, 0.15) is 17.5 Å². The topological polar surface area (TPSA) is 4.93 Å². The van der Waals surface area contributed by atoms with Crippen molar-refractivity contribution >= 4 is 11.3 Å². The third-order valence-electron chi connectivity index (χ3n) is 2.51. The molecule has 0 saturated carbocycles. The van der Waals surface area contributed by atoms with Crippen LogP contribution in [0.15, 0.2) is 24.3 Å². The normalized spacial score (nSPS) is 10.8. The lowest BCUT2D eigenvalue weighted by Crippen LogP contribution is -1.97. The van der Waals surface area contributed by atoms with E-state index in [4.69, 9.17) is 0 Å². The van der Waals surface area contributed by atoms with Gasteiger partial charge in [0.05, 0.1) is 10.6 Å². The fourth-order valence-electron chi connectivity index (χ4n) is 1.78. The van der Waals surface area contributed by atoms with Crippen molar-refractivity contribution < 1.29 is 0 Å². The van der Waals surface area contributed by atoms with E-state index < -0.39 is 0 Å². The fraction of sp³-hybridized carbons (Fsp3) is 0.333. The maximum atomic E-state index is 2.35. The Kier molecular flexibility index (Phi) is 2.46. The molecule has 2 aromatic heterocycles. The number of aromatic nitrogens is 1. The molecule has 0 fully saturated rings.